The number of imidazole rings is 1. The van der Waals surface area contributed by atoms with Gasteiger partial charge in [0.15, 0.2) is 5.65 Å². The van der Waals surface area contributed by atoms with Crippen molar-refractivity contribution in [3.8, 4) is 0 Å². The fourth-order valence-electron chi connectivity index (χ4n) is 2.18. The van der Waals surface area contributed by atoms with Crippen molar-refractivity contribution in [1.29, 1.82) is 0 Å². The van der Waals surface area contributed by atoms with E-state index < -0.39 is 0 Å². The lowest BCUT2D eigenvalue weighted by Gasteiger charge is -2.08. The number of benzene rings is 1. The van der Waals surface area contributed by atoms with Crippen molar-refractivity contribution in [1.82, 2.24) is 14.5 Å². The molecule has 0 N–H and O–H groups in total. The maximum atomic E-state index is 13.4. The van der Waals surface area contributed by atoms with Gasteiger partial charge in [-0.2, -0.15) is 0 Å². The molecule has 0 aliphatic rings. The number of aryl methyl sites for hydroxylation is 1. The van der Waals surface area contributed by atoms with Crippen LogP contribution in [0.2, 0.25) is 5.02 Å². The lowest BCUT2D eigenvalue weighted by Crippen LogP contribution is -2.02. The lowest BCUT2D eigenvalue weighted by atomic mass is 10.2. The summed E-state index contributed by atoms with van der Waals surface area (Å²) in [5, 5.41) is 0.398. The van der Waals surface area contributed by atoms with Crippen LogP contribution in [0.15, 0.2) is 30.5 Å². The lowest BCUT2D eigenvalue weighted by molar-refractivity contribution is 0.623. The molecule has 0 aliphatic heterocycles. The Morgan fingerprint density at radius 3 is 2.85 bits per heavy atom. The van der Waals surface area contributed by atoms with Crippen molar-refractivity contribution in [2.24, 2.45) is 0 Å². The number of pyridine rings is 1. The van der Waals surface area contributed by atoms with Gasteiger partial charge < -0.3 is 4.57 Å². The highest BCUT2D eigenvalue weighted by Crippen LogP contribution is 2.20. The molecule has 6 heteroatoms. The van der Waals surface area contributed by atoms with Crippen LogP contribution in [0.3, 0.4) is 0 Å². The van der Waals surface area contributed by atoms with Gasteiger partial charge in [0.25, 0.3) is 0 Å². The van der Waals surface area contributed by atoms with Crippen molar-refractivity contribution < 1.29 is 4.39 Å². The Bertz CT molecular complexity index is 780. The maximum absolute atomic E-state index is 13.4. The molecule has 0 saturated carbocycles. The van der Waals surface area contributed by atoms with Crippen molar-refractivity contribution in [2.75, 3.05) is 0 Å². The molecule has 0 atom stereocenters. The predicted molar refractivity (Wildman–Crippen MR) is 85.5 cm³/mol. The molecule has 3 aromatic rings. The summed E-state index contributed by atoms with van der Waals surface area (Å²) >= 11 is 8.11. The van der Waals surface area contributed by atoms with Crippen molar-refractivity contribution >= 4 is 45.4 Å². The summed E-state index contributed by atoms with van der Waals surface area (Å²) in [4.78, 5) is 8.72. The summed E-state index contributed by atoms with van der Waals surface area (Å²) < 4.78 is 16.5. The van der Waals surface area contributed by atoms with Gasteiger partial charge in [0.1, 0.15) is 11.6 Å². The first kappa shape index (κ1) is 13.8. The Hall–Kier alpha value is -1.21. The molecule has 102 valence electrons. The van der Waals surface area contributed by atoms with Crippen molar-refractivity contribution in [3.05, 3.63) is 56.3 Å². The molecule has 20 heavy (non-hydrogen) atoms. The van der Waals surface area contributed by atoms with E-state index in [2.05, 4.69) is 32.6 Å². The van der Waals surface area contributed by atoms with Crippen molar-refractivity contribution in [2.45, 2.75) is 13.5 Å². The Labute approximate surface area is 133 Å². The van der Waals surface area contributed by atoms with E-state index in [0.29, 0.717) is 17.2 Å². The molecule has 0 radical (unpaired) electrons. The van der Waals surface area contributed by atoms with Crippen LogP contribution >= 0.6 is 34.2 Å². The number of rotatable bonds is 2. The van der Waals surface area contributed by atoms with E-state index in [9.17, 15) is 4.39 Å². The van der Waals surface area contributed by atoms with Gasteiger partial charge in [-0.05, 0) is 59.3 Å². The second-order valence-corrected chi connectivity index (χ2v) is 6.20. The monoisotopic (exact) mass is 401 g/mol. The molecule has 0 amide bonds. The van der Waals surface area contributed by atoms with Crippen LogP contribution < -0.4 is 0 Å². The number of hydrogen-bond acceptors (Lipinski definition) is 2. The third-order valence-electron chi connectivity index (χ3n) is 3.03. The molecule has 0 saturated heterocycles. The molecule has 0 spiro atoms. The number of fused-ring (bicyclic) bond motifs is 1. The molecule has 0 bridgehead atoms. The molecular formula is C14H10ClFIN3. The van der Waals surface area contributed by atoms with Gasteiger partial charge in [-0.3, -0.25) is 0 Å². The molecule has 3 rings (SSSR count). The third kappa shape index (κ3) is 2.64. The number of halogens is 3. The zero-order chi connectivity index (χ0) is 14.3. The summed E-state index contributed by atoms with van der Waals surface area (Å²) in [5.41, 5.74) is 2.44. The smallest absolute Gasteiger partial charge is 0.177 e. The van der Waals surface area contributed by atoms with E-state index in [0.717, 1.165) is 20.5 Å². The predicted octanol–water partition coefficient (Wildman–Crippen LogP) is 4.19. The van der Waals surface area contributed by atoms with Crippen LogP contribution in [-0.2, 0) is 6.54 Å². The summed E-state index contributed by atoms with van der Waals surface area (Å²) in [7, 11) is 0. The minimum absolute atomic E-state index is 0.331. The average Bonchev–Trinajstić information content (AvgIpc) is 2.65. The molecule has 0 aliphatic carbocycles. The van der Waals surface area contributed by atoms with Gasteiger partial charge in [-0.15, -0.1) is 0 Å². The summed E-state index contributed by atoms with van der Waals surface area (Å²) in [6.45, 7) is 2.43. The van der Waals surface area contributed by atoms with E-state index in [4.69, 9.17) is 11.6 Å². The molecule has 0 fully saturated rings. The van der Waals surface area contributed by atoms with E-state index >= 15 is 0 Å². The Balaban J connectivity index is 2.10. The second-order valence-electron chi connectivity index (χ2n) is 4.52. The van der Waals surface area contributed by atoms with E-state index in [1.807, 2.05) is 17.6 Å². The van der Waals surface area contributed by atoms with Crippen LogP contribution in [0, 0.1) is 16.3 Å². The largest absolute Gasteiger partial charge is 0.322 e. The van der Waals surface area contributed by atoms with Gasteiger partial charge in [-0.1, -0.05) is 11.6 Å². The minimum Gasteiger partial charge on any atom is -0.322 e. The number of nitrogens with zero attached hydrogens (tertiary/aromatic N) is 3. The van der Waals surface area contributed by atoms with E-state index in [-0.39, 0.29) is 5.82 Å². The Morgan fingerprint density at radius 2 is 2.10 bits per heavy atom. The average molecular weight is 402 g/mol. The fraction of sp³-hybridized carbons (Fsp3) is 0.143. The number of aromatic nitrogens is 3. The summed E-state index contributed by atoms with van der Waals surface area (Å²) in [6.07, 6.45) is 1.78. The van der Waals surface area contributed by atoms with Crippen LogP contribution in [0.4, 0.5) is 4.39 Å². The molecule has 2 aromatic heterocycles. The zero-order valence-electron chi connectivity index (χ0n) is 10.6. The Kier molecular flexibility index (Phi) is 3.64. The van der Waals surface area contributed by atoms with Crippen LogP contribution in [-0.4, -0.2) is 14.5 Å². The van der Waals surface area contributed by atoms with E-state index in [1.54, 1.807) is 12.3 Å². The van der Waals surface area contributed by atoms with Gasteiger partial charge in [0, 0.05) is 21.3 Å². The number of hydrogen-bond donors (Lipinski definition) is 0. The fourth-order valence-corrected chi connectivity index (χ4v) is 2.86. The first-order valence-corrected chi connectivity index (χ1v) is 7.42. The van der Waals surface area contributed by atoms with Crippen LogP contribution in [0.25, 0.3) is 11.2 Å². The molecule has 3 nitrogen and oxygen atoms in total. The van der Waals surface area contributed by atoms with Gasteiger partial charge in [0.05, 0.1) is 5.52 Å². The van der Waals surface area contributed by atoms with Crippen LogP contribution in [0.5, 0.6) is 0 Å². The maximum Gasteiger partial charge on any atom is 0.177 e. The normalized spacial score (nSPS) is 11.2. The SMILES string of the molecule is Cc1nc2ncc(I)cc2n1Cc1cc(F)cc(Cl)c1. The summed E-state index contributed by atoms with van der Waals surface area (Å²) in [6, 6.07) is 6.56. The second kappa shape index (κ2) is 5.29. The molecule has 0 unspecified atom stereocenters. The third-order valence-corrected chi connectivity index (χ3v) is 3.83. The molecular weight excluding hydrogens is 392 g/mol. The van der Waals surface area contributed by atoms with Gasteiger partial charge in [-0.25, -0.2) is 14.4 Å². The Morgan fingerprint density at radius 1 is 1.30 bits per heavy atom. The highest BCUT2D eigenvalue weighted by atomic mass is 127. The topological polar surface area (TPSA) is 30.7 Å². The first-order chi connectivity index (χ1) is 9.52. The molecule has 2 heterocycles. The van der Waals surface area contributed by atoms with Gasteiger partial charge in [0.2, 0.25) is 0 Å². The summed E-state index contributed by atoms with van der Waals surface area (Å²) in [5.74, 6) is 0.511. The highest BCUT2D eigenvalue weighted by Gasteiger charge is 2.10. The van der Waals surface area contributed by atoms with E-state index in [1.165, 1.54) is 12.1 Å². The minimum atomic E-state index is -0.331. The zero-order valence-corrected chi connectivity index (χ0v) is 13.5. The first-order valence-electron chi connectivity index (χ1n) is 5.96. The van der Waals surface area contributed by atoms with Crippen molar-refractivity contribution in [3.63, 3.8) is 0 Å². The van der Waals surface area contributed by atoms with Crippen LogP contribution in [0.1, 0.15) is 11.4 Å². The molecule has 1 aromatic carbocycles. The van der Waals surface area contributed by atoms with Gasteiger partial charge >= 0.3 is 0 Å². The quantitative estimate of drug-likeness (QED) is 0.603. The highest BCUT2D eigenvalue weighted by molar-refractivity contribution is 14.1. The standard InChI is InChI=1S/C14H10ClFIN3/c1-8-19-14-13(5-12(17)6-18-14)20(8)7-9-2-10(15)4-11(16)3-9/h2-6H,7H2,1H3.